The first-order chi connectivity index (χ1) is 14.6. The summed E-state index contributed by atoms with van der Waals surface area (Å²) in [6, 6.07) is 14.2. The van der Waals surface area contributed by atoms with Crippen LogP contribution in [0.2, 0.25) is 0 Å². The number of benzene rings is 3. The minimum atomic E-state index is -4.69. The summed E-state index contributed by atoms with van der Waals surface area (Å²) >= 11 is 4.38. The van der Waals surface area contributed by atoms with Crippen molar-refractivity contribution in [3.63, 3.8) is 0 Å². The molecule has 0 aliphatic rings. The smallest absolute Gasteiger partial charge is 0.183 e. The molecule has 0 fully saturated rings. The van der Waals surface area contributed by atoms with E-state index in [2.05, 4.69) is 12.6 Å². The Hall–Kier alpha value is -2.28. The van der Waals surface area contributed by atoms with Gasteiger partial charge in [0.15, 0.2) is 0 Å². The molecule has 0 saturated carbocycles. The Kier molecular flexibility index (Phi) is 7.87. The zero-order chi connectivity index (χ0) is 24.3. The van der Waals surface area contributed by atoms with Gasteiger partial charge < -0.3 is 0 Å². The largest absolute Gasteiger partial charge is 0.416 e. The molecule has 0 aromatic heterocycles. The van der Waals surface area contributed by atoms with E-state index in [1.54, 1.807) is 18.2 Å². The van der Waals surface area contributed by atoms with Gasteiger partial charge in [-0.05, 0) is 47.0 Å². The summed E-state index contributed by atoms with van der Waals surface area (Å²) in [6.45, 7) is 0. The average Bonchev–Trinajstić information content (AvgIpc) is 2.65. The van der Waals surface area contributed by atoms with Crippen LogP contribution in [0.1, 0.15) is 11.1 Å². The third-order valence-electron chi connectivity index (χ3n) is 4.07. The van der Waals surface area contributed by atoms with E-state index in [4.69, 9.17) is 18.6 Å². The molecule has 0 atom stereocenters. The van der Waals surface area contributed by atoms with E-state index in [1.807, 2.05) is 0 Å². The Bertz CT molecular complexity index is 1040. The van der Waals surface area contributed by atoms with Crippen LogP contribution >= 0.6 is 12.6 Å². The van der Waals surface area contributed by atoms with Crippen LogP contribution in [0, 0.1) is 10.2 Å². The summed E-state index contributed by atoms with van der Waals surface area (Å²) in [5.74, 6) is 0. The number of rotatable bonds is 2. The van der Waals surface area contributed by atoms with Crippen LogP contribution < -0.4 is 14.0 Å². The van der Waals surface area contributed by atoms with Gasteiger partial charge in [0.05, 0.1) is 26.0 Å². The first kappa shape index (κ1) is 26.0. The zero-order valence-electron chi connectivity index (χ0n) is 15.6. The van der Waals surface area contributed by atoms with Crippen molar-refractivity contribution in [1.29, 1.82) is 0 Å². The SMILES string of the molecule is FC(F)(F)c1ccc(-c2cccc(S)c2-c2ccc(C(F)(F)F)cc2)cc1.[O-][Cl+3]([O-])([O-])O. The van der Waals surface area contributed by atoms with Crippen LogP contribution in [0.25, 0.3) is 22.3 Å². The Morgan fingerprint density at radius 1 is 0.656 bits per heavy atom. The first-order valence-electron chi connectivity index (χ1n) is 8.38. The second kappa shape index (κ2) is 9.69. The molecule has 3 aromatic carbocycles. The van der Waals surface area contributed by atoms with E-state index in [0.29, 0.717) is 27.1 Å². The number of hydrogen-bond acceptors (Lipinski definition) is 5. The van der Waals surface area contributed by atoms with Gasteiger partial charge in [-0.25, -0.2) is 0 Å². The van der Waals surface area contributed by atoms with Gasteiger partial charge in [-0.2, -0.15) is 40.3 Å². The molecule has 4 nitrogen and oxygen atoms in total. The highest BCUT2D eigenvalue weighted by Gasteiger charge is 2.31. The van der Waals surface area contributed by atoms with Crippen molar-refractivity contribution in [3.05, 3.63) is 77.9 Å². The lowest BCUT2D eigenvalue weighted by atomic mass is 9.93. The predicted molar refractivity (Wildman–Crippen MR) is 96.8 cm³/mol. The van der Waals surface area contributed by atoms with Gasteiger partial charge in [0.25, 0.3) is 0 Å². The molecule has 1 N–H and O–H groups in total. The summed E-state index contributed by atoms with van der Waals surface area (Å²) in [5.41, 5.74) is 0.575. The van der Waals surface area contributed by atoms with Crippen LogP contribution in [0.15, 0.2) is 71.6 Å². The molecule has 172 valence electrons. The Balaban J connectivity index is 0.000000654. The van der Waals surface area contributed by atoms with Crippen molar-refractivity contribution in [3.8, 4) is 22.3 Å². The zero-order valence-corrected chi connectivity index (χ0v) is 17.3. The van der Waals surface area contributed by atoms with Crippen molar-refractivity contribution in [1.82, 2.24) is 0 Å². The highest BCUT2D eigenvalue weighted by atomic mass is 35.7. The van der Waals surface area contributed by atoms with Crippen LogP contribution in [0.5, 0.6) is 0 Å². The molecule has 0 bridgehead atoms. The van der Waals surface area contributed by atoms with Crippen molar-refractivity contribution in [2.24, 2.45) is 0 Å². The van der Waals surface area contributed by atoms with Crippen LogP contribution in [0.4, 0.5) is 26.3 Å². The second-order valence-corrected chi connectivity index (χ2v) is 7.52. The molecule has 0 radical (unpaired) electrons. The molecule has 12 heteroatoms. The van der Waals surface area contributed by atoms with E-state index in [0.717, 1.165) is 24.3 Å². The Morgan fingerprint density at radius 2 is 1.03 bits per heavy atom. The molecular formula is C20H13ClF6O4S. The summed E-state index contributed by atoms with van der Waals surface area (Å²) < 4.78 is 109. The van der Waals surface area contributed by atoms with Gasteiger partial charge in [0.1, 0.15) is 0 Å². The quantitative estimate of drug-likeness (QED) is 0.419. The molecule has 32 heavy (non-hydrogen) atoms. The van der Waals surface area contributed by atoms with Gasteiger partial charge in [0.2, 0.25) is 0 Å². The summed E-state index contributed by atoms with van der Waals surface area (Å²) in [6.07, 6.45) is -8.89. The van der Waals surface area contributed by atoms with E-state index < -0.39 is 33.7 Å². The lowest BCUT2D eigenvalue weighted by molar-refractivity contribution is -1.92. The van der Waals surface area contributed by atoms with Crippen molar-refractivity contribution in [2.75, 3.05) is 0 Å². The minimum Gasteiger partial charge on any atom is -0.183 e. The monoisotopic (exact) mass is 498 g/mol. The Labute approximate surface area is 185 Å². The number of hydrogen-bond donors (Lipinski definition) is 2. The molecule has 3 aromatic rings. The van der Waals surface area contributed by atoms with Crippen molar-refractivity contribution < 1.29 is 55.2 Å². The normalized spacial score (nSPS) is 12.2. The van der Waals surface area contributed by atoms with Gasteiger partial charge in [-0.1, -0.05) is 36.4 Å². The molecule has 3 rings (SSSR count). The van der Waals surface area contributed by atoms with Crippen LogP contribution in [-0.2, 0) is 12.4 Å². The molecule has 0 unspecified atom stereocenters. The summed E-state index contributed by atoms with van der Waals surface area (Å²) in [7, 11) is -4.69. The van der Waals surface area contributed by atoms with Crippen LogP contribution in [-0.4, -0.2) is 4.66 Å². The maximum absolute atomic E-state index is 12.8. The molecule has 0 saturated heterocycles. The lowest BCUT2D eigenvalue weighted by Crippen LogP contribution is -2.58. The highest BCUT2D eigenvalue weighted by Crippen LogP contribution is 2.39. The number of halogens is 7. The standard InChI is InChI=1S/C20H12F6S.ClHO4/c21-19(22,23)14-8-4-12(5-9-14)16-2-1-3-17(27)18(16)13-6-10-15(11-7-13)20(24,25)26;2-1(3,4)5/h1-11,27H;(H,2,3,4,5). The molecule has 0 aliphatic carbocycles. The molecule has 0 amide bonds. The lowest BCUT2D eigenvalue weighted by Gasteiger charge is -2.15. The molecular weight excluding hydrogens is 486 g/mol. The summed E-state index contributed by atoms with van der Waals surface area (Å²) in [4.78, 5) is 0.507. The van der Waals surface area contributed by atoms with E-state index in [9.17, 15) is 26.3 Å². The second-order valence-electron chi connectivity index (χ2n) is 6.25. The minimum absolute atomic E-state index is 0.489. The van der Waals surface area contributed by atoms with Crippen molar-refractivity contribution >= 4 is 12.6 Å². The van der Waals surface area contributed by atoms with Crippen molar-refractivity contribution in [2.45, 2.75) is 17.2 Å². The summed E-state index contributed by atoms with van der Waals surface area (Å²) in [5, 5.41) is 0. The number of thiol groups is 1. The fourth-order valence-corrected chi connectivity index (χ4v) is 3.08. The van der Waals surface area contributed by atoms with E-state index in [-0.39, 0.29) is 0 Å². The van der Waals surface area contributed by atoms with E-state index in [1.165, 1.54) is 24.3 Å². The number of alkyl halides is 6. The average molecular weight is 499 g/mol. The third-order valence-corrected chi connectivity index (χ3v) is 4.44. The highest BCUT2D eigenvalue weighted by molar-refractivity contribution is 7.80. The fourth-order valence-electron chi connectivity index (χ4n) is 2.75. The molecule has 0 aliphatic heterocycles. The molecule has 0 spiro atoms. The topological polar surface area (TPSA) is 89.4 Å². The third kappa shape index (κ3) is 7.40. The van der Waals surface area contributed by atoms with Gasteiger partial charge in [-0.3, -0.25) is 0 Å². The maximum atomic E-state index is 12.8. The van der Waals surface area contributed by atoms with Crippen LogP contribution in [0.3, 0.4) is 0 Å². The first-order valence-corrected chi connectivity index (χ1v) is 10.1. The Morgan fingerprint density at radius 3 is 1.41 bits per heavy atom. The van der Waals surface area contributed by atoms with E-state index >= 15 is 0 Å². The maximum Gasteiger partial charge on any atom is 0.416 e. The fraction of sp³-hybridized carbons (Fsp3) is 0.100. The van der Waals surface area contributed by atoms with Gasteiger partial charge in [-0.15, -0.1) is 12.6 Å². The predicted octanol–water partition coefficient (Wildman–Crippen LogP) is 3.22. The molecule has 0 heterocycles. The van der Waals surface area contributed by atoms with Gasteiger partial charge >= 0.3 is 12.4 Å². The van der Waals surface area contributed by atoms with Gasteiger partial charge in [0, 0.05) is 10.5 Å².